The van der Waals surface area contributed by atoms with Crippen molar-refractivity contribution in [3.05, 3.63) is 23.8 Å². The monoisotopic (exact) mass is 250 g/mol. The van der Waals surface area contributed by atoms with E-state index in [9.17, 15) is 9.90 Å². The first-order chi connectivity index (χ1) is 8.65. The number of amides is 1. The fourth-order valence-corrected chi connectivity index (χ4v) is 1.97. The molecule has 0 aromatic heterocycles. The molecule has 18 heavy (non-hydrogen) atoms. The van der Waals surface area contributed by atoms with Crippen molar-refractivity contribution in [1.29, 1.82) is 0 Å². The molecule has 2 rings (SSSR count). The highest BCUT2D eigenvalue weighted by atomic mass is 16.5. The summed E-state index contributed by atoms with van der Waals surface area (Å²) in [5.74, 6) is 0.501. The van der Waals surface area contributed by atoms with Crippen molar-refractivity contribution in [3.8, 4) is 5.75 Å². The molecule has 1 aliphatic rings. The standard InChI is InChI=1S/C13H18N2O3/c1-2-11-13(17)15-9-7-8(10(16)5-6-14)3-4-12(9)18-11/h3-4,7,10-11,16H,2,5-6,14H2,1H3,(H,15,17). The number of hydrogen-bond acceptors (Lipinski definition) is 4. The molecule has 5 heteroatoms. The van der Waals surface area contributed by atoms with E-state index in [0.717, 1.165) is 5.56 Å². The Morgan fingerprint density at radius 2 is 2.33 bits per heavy atom. The summed E-state index contributed by atoms with van der Waals surface area (Å²) in [5, 5.41) is 12.6. The number of aliphatic hydroxyl groups excluding tert-OH is 1. The van der Waals surface area contributed by atoms with Crippen molar-refractivity contribution in [2.75, 3.05) is 11.9 Å². The average Bonchev–Trinajstić information content (AvgIpc) is 2.37. The second kappa shape index (κ2) is 5.37. The quantitative estimate of drug-likeness (QED) is 0.749. The minimum Gasteiger partial charge on any atom is -0.478 e. The van der Waals surface area contributed by atoms with Gasteiger partial charge in [-0.15, -0.1) is 0 Å². The molecule has 98 valence electrons. The Labute approximate surface area is 106 Å². The van der Waals surface area contributed by atoms with E-state index in [1.54, 1.807) is 18.2 Å². The van der Waals surface area contributed by atoms with Crippen LogP contribution < -0.4 is 15.8 Å². The molecule has 0 fully saturated rings. The van der Waals surface area contributed by atoms with Gasteiger partial charge in [-0.2, -0.15) is 0 Å². The molecule has 1 aromatic rings. The van der Waals surface area contributed by atoms with Crippen LogP contribution in [0.5, 0.6) is 5.75 Å². The van der Waals surface area contributed by atoms with Gasteiger partial charge in [0.25, 0.3) is 5.91 Å². The molecular formula is C13H18N2O3. The third-order valence-electron chi connectivity index (χ3n) is 3.02. The third kappa shape index (κ3) is 2.47. The highest BCUT2D eigenvalue weighted by molar-refractivity contribution is 5.97. The molecular weight excluding hydrogens is 232 g/mol. The fraction of sp³-hybridized carbons (Fsp3) is 0.462. The zero-order valence-electron chi connectivity index (χ0n) is 10.3. The van der Waals surface area contributed by atoms with Crippen molar-refractivity contribution >= 4 is 11.6 Å². The molecule has 0 bridgehead atoms. The minimum atomic E-state index is -0.610. The lowest BCUT2D eigenvalue weighted by Crippen LogP contribution is -2.36. The molecule has 2 atom stereocenters. The third-order valence-corrected chi connectivity index (χ3v) is 3.02. The lowest BCUT2D eigenvalue weighted by molar-refractivity contribution is -0.123. The van der Waals surface area contributed by atoms with Gasteiger partial charge in [0.15, 0.2) is 6.10 Å². The lowest BCUT2D eigenvalue weighted by atomic mass is 10.0. The maximum absolute atomic E-state index is 11.7. The van der Waals surface area contributed by atoms with Crippen molar-refractivity contribution in [1.82, 2.24) is 0 Å². The van der Waals surface area contributed by atoms with Gasteiger partial charge in [0.2, 0.25) is 0 Å². The van der Waals surface area contributed by atoms with Gasteiger partial charge >= 0.3 is 0 Å². The average molecular weight is 250 g/mol. The van der Waals surface area contributed by atoms with Crippen molar-refractivity contribution in [3.63, 3.8) is 0 Å². The van der Waals surface area contributed by atoms with Crippen molar-refractivity contribution in [2.45, 2.75) is 32.0 Å². The van der Waals surface area contributed by atoms with Gasteiger partial charge in [-0.1, -0.05) is 13.0 Å². The van der Waals surface area contributed by atoms with E-state index in [-0.39, 0.29) is 5.91 Å². The second-order valence-corrected chi connectivity index (χ2v) is 4.35. The van der Waals surface area contributed by atoms with E-state index in [0.29, 0.717) is 30.8 Å². The number of anilines is 1. The van der Waals surface area contributed by atoms with Crippen LogP contribution in [0.2, 0.25) is 0 Å². The van der Waals surface area contributed by atoms with Gasteiger partial charge in [0.1, 0.15) is 5.75 Å². The second-order valence-electron chi connectivity index (χ2n) is 4.35. The summed E-state index contributed by atoms with van der Waals surface area (Å²) in [4.78, 5) is 11.7. The molecule has 1 heterocycles. The number of carbonyl (C=O) groups is 1. The number of hydrogen-bond donors (Lipinski definition) is 3. The smallest absolute Gasteiger partial charge is 0.265 e. The summed E-state index contributed by atoms with van der Waals surface area (Å²) in [6, 6.07) is 5.30. The molecule has 0 spiro atoms. The molecule has 0 aliphatic carbocycles. The number of nitrogens with two attached hydrogens (primary N) is 1. The molecule has 0 saturated heterocycles. The van der Waals surface area contributed by atoms with Gasteiger partial charge < -0.3 is 20.9 Å². The van der Waals surface area contributed by atoms with Gasteiger partial charge in [-0.3, -0.25) is 4.79 Å². The number of carbonyl (C=O) groups excluding carboxylic acids is 1. The van der Waals surface area contributed by atoms with Crippen LogP contribution in [0.1, 0.15) is 31.4 Å². The maximum Gasteiger partial charge on any atom is 0.265 e. The Bertz CT molecular complexity index is 448. The predicted molar refractivity (Wildman–Crippen MR) is 68.4 cm³/mol. The van der Waals surface area contributed by atoms with Crippen LogP contribution >= 0.6 is 0 Å². The number of nitrogens with one attached hydrogen (secondary N) is 1. The van der Waals surface area contributed by atoms with Crippen LogP contribution in [-0.2, 0) is 4.79 Å². The molecule has 1 aliphatic heterocycles. The molecule has 1 amide bonds. The Morgan fingerprint density at radius 1 is 1.56 bits per heavy atom. The maximum atomic E-state index is 11.7. The number of aliphatic hydroxyl groups is 1. The zero-order valence-corrected chi connectivity index (χ0v) is 10.3. The summed E-state index contributed by atoms with van der Waals surface area (Å²) < 4.78 is 5.57. The van der Waals surface area contributed by atoms with E-state index in [1.165, 1.54) is 0 Å². The van der Waals surface area contributed by atoms with Crippen LogP contribution in [0.3, 0.4) is 0 Å². The Hall–Kier alpha value is -1.59. The molecule has 1 aromatic carbocycles. The number of ether oxygens (including phenoxy) is 1. The lowest BCUT2D eigenvalue weighted by Gasteiger charge is -2.25. The summed E-state index contributed by atoms with van der Waals surface area (Å²) in [6.07, 6.45) is 0.0759. The minimum absolute atomic E-state index is 0.143. The summed E-state index contributed by atoms with van der Waals surface area (Å²) >= 11 is 0. The Kier molecular flexibility index (Phi) is 3.84. The van der Waals surface area contributed by atoms with E-state index in [2.05, 4.69) is 5.32 Å². The van der Waals surface area contributed by atoms with Crippen LogP contribution in [0, 0.1) is 0 Å². The highest BCUT2D eigenvalue weighted by Crippen LogP contribution is 2.33. The highest BCUT2D eigenvalue weighted by Gasteiger charge is 2.26. The SMILES string of the molecule is CCC1Oc2ccc(C(O)CCN)cc2NC1=O. The van der Waals surface area contributed by atoms with E-state index >= 15 is 0 Å². The first-order valence-corrected chi connectivity index (χ1v) is 6.15. The largest absolute Gasteiger partial charge is 0.478 e. The van der Waals surface area contributed by atoms with Crippen LogP contribution in [-0.4, -0.2) is 23.7 Å². The Morgan fingerprint density at radius 3 is 3.00 bits per heavy atom. The first kappa shape index (κ1) is 12.9. The van der Waals surface area contributed by atoms with Gasteiger partial charge in [0.05, 0.1) is 11.8 Å². The normalized spacial score (nSPS) is 19.7. The summed E-state index contributed by atoms with van der Waals surface area (Å²) in [6.45, 7) is 2.31. The number of benzene rings is 1. The first-order valence-electron chi connectivity index (χ1n) is 6.15. The van der Waals surface area contributed by atoms with Crippen molar-refractivity contribution in [2.24, 2.45) is 5.73 Å². The van der Waals surface area contributed by atoms with Crippen LogP contribution in [0.25, 0.3) is 0 Å². The van der Waals surface area contributed by atoms with E-state index in [1.807, 2.05) is 6.92 Å². The molecule has 0 radical (unpaired) electrons. The predicted octanol–water partition coefficient (Wildman–Crippen LogP) is 1.18. The molecule has 4 N–H and O–H groups in total. The van der Waals surface area contributed by atoms with Crippen LogP contribution in [0.15, 0.2) is 18.2 Å². The molecule has 0 saturated carbocycles. The topological polar surface area (TPSA) is 84.6 Å². The van der Waals surface area contributed by atoms with E-state index in [4.69, 9.17) is 10.5 Å². The van der Waals surface area contributed by atoms with Crippen LogP contribution in [0.4, 0.5) is 5.69 Å². The summed E-state index contributed by atoms with van der Waals surface area (Å²) in [5.41, 5.74) is 6.75. The summed E-state index contributed by atoms with van der Waals surface area (Å²) in [7, 11) is 0. The van der Waals surface area contributed by atoms with Gasteiger partial charge in [-0.25, -0.2) is 0 Å². The van der Waals surface area contributed by atoms with Crippen molar-refractivity contribution < 1.29 is 14.6 Å². The zero-order chi connectivity index (χ0) is 13.1. The molecule has 5 nitrogen and oxygen atoms in total. The Balaban J connectivity index is 2.23. The van der Waals surface area contributed by atoms with Gasteiger partial charge in [0, 0.05) is 0 Å². The fourth-order valence-electron chi connectivity index (χ4n) is 1.97. The molecule has 2 unspecified atom stereocenters. The van der Waals surface area contributed by atoms with E-state index < -0.39 is 12.2 Å². The number of fused-ring (bicyclic) bond motifs is 1. The number of rotatable bonds is 4. The van der Waals surface area contributed by atoms with Gasteiger partial charge in [-0.05, 0) is 37.1 Å².